The summed E-state index contributed by atoms with van der Waals surface area (Å²) in [7, 11) is 1.82. The van der Waals surface area contributed by atoms with Crippen LogP contribution in [0.4, 0.5) is 10.2 Å². The van der Waals surface area contributed by atoms with Gasteiger partial charge in [-0.3, -0.25) is 14.3 Å². The first-order chi connectivity index (χ1) is 15.9. The lowest BCUT2D eigenvalue weighted by atomic mass is 9.89. The van der Waals surface area contributed by atoms with Crippen molar-refractivity contribution in [3.05, 3.63) is 65.7 Å². The lowest BCUT2D eigenvalue weighted by Crippen LogP contribution is -2.56. The minimum Gasteiger partial charge on any atom is -0.369 e. The lowest BCUT2D eigenvalue weighted by molar-refractivity contribution is -0.124. The summed E-state index contributed by atoms with van der Waals surface area (Å²) in [5.41, 5.74) is 8.69. The zero-order valence-electron chi connectivity index (χ0n) is 18.2. The molecule has 4 rings (SSSR count). The molecule has 3 aromatic rings. The van der Waals surface area contributed by atoms with E-state index in [1.807, 2.05) is 19.3 Å². The highest BCUT2D eigenvalue weighted by Crippen LogP contribution is 2.30. The minimum absolute atomic E-state index is 0.193. The van der Waals surface area contributed by atoms with E-state index in [4.69, 9.17) is 10.7 Å². The van der Waals surface area contributed by atoms with E-state index in [1.54, 1.807) is 29.1 Å². The number of benzene rings is 1. The van der Waals surface area contributed by atoms with Crippen LogP contribution in [0, 0.1) is 5.82 Å². The van der Waals surface area contributed by atoms with Gasteiger partial charge in [0.2, 0.25) is 11.8 Å². The number of carbonyl (C=O) groups excluding carboxylic acids is 2. The van der Waals surface area contributed by atoms with E-state index in [-0.39, 0.29) is 18.3 Å². The molecule has 2 amide bonds. The third-order valence-electron chi connectivity index (χ3n) is 5.56. The number of nitrogens with one attached hydrogen (secondary N) is 3. The van der Waals surface area contributed by atoms with Crippen LogP contribution < -0.4 is 21.7 Å². The average Bonchev–Trinajstić information content (AvgIpc) is 3.21. The number of carbonyl (C=O) groups is 2. The van der Waals surface area contributed by atoms with Crippen LogP contribution in [0.25, 0.3) is 11.3 Å². The molecule has 1 aromatic carbocycles. The van der Waals surface area contributed by atoms with Crippen molar-refractivity contribution in [1.29, 1.82) is 0 Å². The molecule has 2 aromatic heterocycles. The highest BCUT2D eigenvalue weighted by atomic mass is 19.1. The number of nitrogens with zero attached hydrogens (tertiary/aromatic N) is 3. The Balaban J connectivity index is 1.65. The van der Waals surface area contributed by atoms with Gasteiger partial charge < -0.3 is 21.7 Å². The molecule has 1 aliphatic rings. The molecule has 3 heterocycles. The number of pyridine rings is 1. The van der Waals surface area contributed by atoms with Crippen molar-refractivity contribution in [2.75, 3.05) is 25.0 Å². The average molecular weight is 452 g/mol. The Morgan fingerprint density at radius 1 is 1.36 bits per heavy atom. The third kappa shape index (κ3) is 5.35. The van der Waals surface area contributed by atoms with Gasteiger partial charge in [0.25, 0.3) is 0 Å². The van der Waals surface area contributed by atoms with E-state index >= 15 is 0 Å². The topological polar surface area (TPSA) is 127 Å². The molecular formula is C23H26FN7O2. The minimum atomic E-state index is -0.783. The van der Waals surface area contributed by atoms with Crippen LogP contribution in [0.2, 0.25) is 0 Å². The summed E-state index contributed by atoms with van der Waals surface area (Å²) in [6.45, 7) is 1.06. The Bertz CT molecular complexity index is 1160. The van der Waals surface area contributed by atoms with Crippen LogP contribution >= 0.6 is 0 Å². The smallest absolute Gasteiger partial charge is 0.234 e. The number of nitrogens with two attached hydrogens (primary N) is 1. The number of hydrogen-bond acceptors (Lipinski definition) is 6. The van der Waals surface area contributed by atoms with E-state index in [0.717, 1.165) is 11.1 Å². The number of primary amides is 1. The van der Waals surface area contributed by atoms with Crippen molar-refractivity contribution in [3.63, 3.8) is 0 Å². The number of aryl methyl sites for hydroxylation is 1. The molecule has 0 aliphatic carbocycles. The van der Waals surface area contributed by atoms with Crippen molar-refractivity contribution in [2.24, 2.45) is 12.8 Å². The van der Waals surface area contributed by atoms with Gasteiger partial charge in [-0.05, 0) is 30.2 Å². The molecule has 9 nitrogen and oxygen atoms in total. The molecule has 0 saturated carbocycles. The van der Waals surface area contributed by atoms with Crippen molar-refractivity contribution in [2.45, 2.75) is 18.4 Å². The molecule has 1 saturated heterocycles. The van der Waals surface area contributed by atoms with Crippen LogP contribution in [0.5, 0.6) is 0 Å². The van der Waals surface area contributed by atoms with E-state index in [1.165, 1.54) is 12.1 Å². The Hall–Kier alpha value is -3.79. The normalized spacial score (nSPS) is 16.8. The summed E-state index contributed by atoms with van der Waals surface area (Å²) >= 11 is 0. The van der Waals surface area contributed by atoms with Gasteiger partial charge in [0.15, 0.2) is 0 Å². The van der Waals surface area contributed by atoms with Crippen molar-refractivity contribution in [3.8, 4) is 11.3 Å². The number of hydrogen-bond donors (Lipinski definition) is 4. The van der Waals surface area contributed by atoms with Crippen LogP contribution in [-0.2, 0) is 23.1 Å². The first kappa shape index (κ1) is 22.4. The predicted octanol–water partition coefficient (Wildman–Crippen LogP) is 0.933. The number of aromatic nitrogens is 3. The molecular weight excluding hydrogens is 425 g/mol. The Kier molecular flexibility index (Phi) is 6.64. The fourth-order valence-electron chi connectivity index (χ4n) is 4.01. The van der Waals surface area contributed by atoms with Crippen molar-refractivity contribution in [1.82, 2.24) is 25.4 Å². The monoisotopic (exact) mass is 451 g/mol. The molecule has 2 unspecified atom stereocenters. The molecule has 0 bridgehead atoms. The molecule has 2 atom stereocenters. The van der Waals surface area contributed by atoms with Gasteiger partial charge in [0, 0.05) is 37.5 Å². The summed E-state index contributed by atoms with van der Waals surface area (Å²) in [6, 6.07) is 9.50. The van der Waals surface area contributed by atoms with E-state index in [0.29, 0.717) is 36.6 Å². The molecule has 1 fully saturated rings. The van der Waals surface area contributed by atoms with Crippen molar-refractivity contribution >= 4 is 17.6 Å². The van der Waals surface area contributed by atoms with Gasteiger partial charge in [-0.2, -0.15) is 5.10 Å². The highest BCUT2D eigenvalue weighted by molar-refractivity contribution is 5.87. The second kappa shape index (κ2) is 9.78. The maximum atomic E-state index is 13.5. The maximum Gasteiger partial charge on any atom is 0.234 e. The van der Waals surface area contributed by atoms with E-state index < -0.39 is 17.9 Å². The standard InChI is InChI=1S/C23H26FN7O2/c1-31-13-15(10-28-31)18-6-5-17(21(22(25)33)19-11-26-12-20(32)29-19)23(30-18)27-8-7-14-3-2-4-16(24)9-14/h2-6,9-10,13,19,21,26H,7-8,11-12H2,1H3,(H2,25,33)(H,27,30)(H,29,32). The highest BCUT2D eigenvalue weighted by Gasteiger charge is 2.34. The first-order valence-corrected chi connectivity index (χ1v) is 10.7. The number of piperazine rings is 1. The summed E-state index contributed by atoms with van der Waals surface area (Å²) in [5.74, 6) is -1.35. The molecule has 0 radical (unpaired) electrons. The zero-order valence-corrected chi connectivity index (χ0v) is 18.2. The van der Waals surface area contributed by atoms with E-state index in [2.05, 4.69) is 21.0 Å². The second-order valence-corrected chi connectivity index (χ2v) is 8.03. The number of anilines is 1. The fraction of sp³-hybridized carbons (Fsp3) is 0.304. The maximum absolute atomic E-state index is 13.5. The summed E-state index contributed by atoms with van der Waals surface area (Å²) < 4.78 is 15.2. The van der Waals surface area contributed by atoms with Crippen molar-refractivity contribution < 1.29 is 14.0 Å². The van der Waals surface area contributed by atoms with Gasteiger partial charge in [-0.25, -0.2) is 9.37 Å². The first-order valence-electron chi connectivity index (χ1n) is 10.7. The lowest BCUT2D eigenvalue weighted by Gasteiger charge is -2.31. The number of halogens is 1. The molecule has 172 valence electrons. The summed E-state index contributed by atoms with van der Waals surface area (Å²) in [4.78, 5) is 29.1. The fourth-order valence-corrected chi connectivity index (χ4v) is 4.01. The molecule has 0 spiro atoms. The molecule has 10 heteroatoms. The van der Waals surface area contributed by atoms with Crippen LogP contribution in [0.15, 0.2) is 48.8 Å². The molecule has 33 heavy (non-hydrogen) atoms. The molecule has 5 N–H and O–H groups in total. The van der Waals surface area contributed by atoms with Crippen LogP contribution in [-0.4, -0.2) is 52.3 Å². The number of amides is 2. The third-order valence-corrected chi connectivity index (χ3v) is 5.56. The Morgan fingerprint density at radius 3 is 2.91 bits per heavy atom. The Labute approximate surface area is 190 Å². The Morgan fingerprint density at radius 2 is 2.21 bits per heavy atom. The number of rotatable bonds is 8. The quantitative estimate of drug-likeness (QED) is 0.404. The largest absolute Gasteiger partial charge is 0.369 e. The van der Waals surface area contributed by atoms with Gasteiger partial charge in [-0.15, -0.1) is 0 Å². The SMILES string of the molecule is Cn1cc(-c2ccc(C(C(N)=O)C3CNCC(=O)N3)c(NCCc3cccc(F)c3)n2)cn1. The summed E-state index contributed by atoms with van der Waals surface area (Å²) in [5, 5.41) is 13.3. The van der Waals surface area contributed by atoms with Crippen LogP contribution in [0.1, 0.15) is 17.0 Å². The van der Waals surface area contributed by atoms with Gasteiger partial charge in [0.1, 0.15) is 11.6 Å². The zero-order chi connectivity index (χ0) is 23.4. The van der Waals surface area contributed by atoms with Gasteiger partial charge in [-0.1, -0.05) is 18.2 Å². The van der Waals surface area contributed by atoms with Crippen LogP contribution in [0.3, 0.4) is 0 Å². The molecule has 1 aliphatic heterocycles. The second-order valence-electron chi connectivity index (χ2n) is 8.03. The predicted molar refractivity (Wildman–Crippen MR) is 122 cm³/mol. The van der Waals surface area contributed by atoms with Gasteiger partial charge in [0.05, 0.1) is 30.4 Å². The van der Waals surface area contributed by atoms with Gasteiger partial charge >= 0.3 is 0 Å². The van der Waals surface area contributed by atoms with E-state index in [9.17, 15) is 14.0 Å². The summed E-state index contributed by atoms with van der Waals surface area (Å²) in [6.07, 6.45) is 4.10.